The second-order valence-corrected chi connectivity index (χ2v) is 4.43. The standard InChI is InChI=1S/C10H11NOS/c1-6-2-3-9-7(4-6)10(12)8(11)5-13-9/h2-4,8H,5,11H2,1H3/p+1. The molecule has 1 aromatic rings. The first-order valence-corrected chi connectivity index (χ1v) is 5.28. The van der Waals surface area contributed by atoms with Crippen molar-refractivity contribution in [1.29, 1.82) is 0 Å². The predicted octanol–water partition coefficient (Wildman–Crippen LogP) is 0.894. The molecule has 1 aromatic carbocycles. The van der Waals surface area contributed by atoms with Gasteiger partial charge in [0, 0.05) is 10.5 Å². The van der Waals surface area contributed by atoms with E-state index in [0.29, 0.717) is 0 Å². The van der Waals surface area contributed by atoms with E-state index < -0.39 is 0 Å². The zero-order valence-electron chi connectivity index (χ0n) is 7.54. The molecule has 0 spiro atoms. The van der Waals surface area contributed by atoms with E-state index in [1.165, 1.54) is 0 Å². The van der Waals surface area contributed by atoms with Crippen molar-refractivity contribution in [1.82, 2.24) is 0 Å². The Bertz CT molecular complexity index is 362. The van der Waals surface area contributed by atoms with Crippen LogP contribution in [0.2, 0.25) is 0 Å². The van der Waals surface area contributed by atoms with Crippen molar-refractivity contribution in [2.45, 2.75) is 17.9 Å². The van der Waals surface area contributed by atoms with E-state index in [4.69, 9.17) is 0 Å². The number of fused-ring (bicyclic) bond motifs is 1. The summed E-state index contributed by atoms with van der Waals surface area (Å²) in [6.45, 7) is 2.00. The summed E-state index contributed by atoms with van der Waals surface area (Å²) in [6.07, 6.45) is 0. The third-order valence-corrected chi connectivity index (χ3v) is 3.45. The Morgan fingerprint density at radius 3 is 3.08 bits per heavy atom. The third-order valence-electron chi connectivity index (χ3n) is 2.21. The van der Waals surface area contributed by atoms with Gasteiger partial charge in [0.2, 0.25) is 5.78 Å². The van der Waals surface area contributed by atoms with Crippen LogP contribution in [0.3, 0.4) is 0 Å². The van der Waals surface area contributed by atoms with Crippen LogP contribution in [-0.2, 0) is 0 Å². The Morgan fingerprint density at radius 2 is 2.31 bits per heavy atom. The minimum Gasteiger partial charge on any atom is -0.348 e. The topological polar surface area (TPSA) is 44.7 Å². The first-order valence-electron chi connectivity index (χ1n) is 4.29. The number of benzene rings is 1. The molecule has 0 radical (unpaired) electrons. The molecule has 0 aromatic heterocycles. The maximum Gasteiger partial charge on any atom is 0.221 e. The highest BCUT2D eigenvalue weighted by atomic mass is 32.2. The van der Waals surface area contributed by atoms with Crippen LogP contribution in [0.25, 0.3) is 0 Å². The van der Waals surface area contributed by atoms with Gasteiger partial charge in [-0.05, 0) is 19.1 Å². The van der Waals surface area contributed by atoms with Gasteiger partial charge in [-0.2, -0.15) is 0 Å². The molecule has 0 saturated heterocycles. The SMILES string of the molecule is Cc1ccc2c(c1)C(=O)C([NH3+])CS2. The molecule has 1 aliphatic rings. The van der Waals surface area contributed by atoms with Crippen molar-refractivity contribution in [2.24, 2.45) is 0 Å². The van der Waals surface area contributed by atoms with Gasteiger partial charge in [-0.1, -0.05) is 11.6 Å². The molecule has 3 heteroatoms. The van der Waals surface area contributed by atoms with Gasteiger partial charge in [0.05, 0.1) is 5.75 Å². The largest absolute Gasteiger partial charge is 0.348 e. The summed E-state index contributed by atoms with van der Waals surface area (Å²) < 4.78 is 0. The second kappa shape index (κ2) is 3.16. The molecule has 0 aliphatic carbocycles. The first kappa shape index (κ1) is 8.78. The molecule has 1 atom stereocenters. The van der Waals surface area contributed by atoms with E-state index in [0.717, 1.165) is 21.8 Å². The van der Waals surface area contributed by atoms with Gasteiger partial charge in [0.1, 0.15) is 0 Å². The maximum atomic E-state index is 11.7. The fraction of sp³-hybridized carbons (Fsp3) is 0.300. The van der Waals surface area contributed by atoms with Crippen molar-refractivity contribution >= 4 is 17.5 Å². The van der Waals surface area contributed by atoms with Crippen LogP contribution in [0.4, 0.5) is 0 Å². The molecule has 2 nitrogen and oxygen atoms in total. The number of ketones is 1. The molecular formula is C10H12NOS+. The van der Waals surface area contributed by atoms with Gasteiger partial charge in [-0.15, -0.1) is 11.8 Å². The molecule has 3 N–H and O–H groups in total. The Hall–Kier alpha value is -0.800. The van der Waals surface area contributed by atoms with Crippen molar-refractivity contribution in [3.05, 3.63) is 29.3 Å². The summed E-state index contributed by atoms with van der Waals surface area (Å²) in [7, 11) is 0. The van der Waals surface area contributed by atoms with E-state index in [1.807, 2.05) is 25.1 Å². The Morgan fingerprint density at radius 1 is 1.54 bits per heavy atom. The van der Waals surface area contributed by atoms with Gasteiger partial charge >= 0.3 is 0 Å². The number of aryl methyl sites for hydroxylation is 1. The third kappa shape index (κ3) is 1.49. The summed E-state index contributed by atoms with van der Waals surface area (Å²) in [5.41, 5.74) is 5.83. The Balaban J connectivity index is 2.51. The normalized spacial score (nSPS) is 21.4. The predicted molar refractivity (Wildman–Crippen MR) is 52.9 cm³/mol. The number of thioether (sulfide) groups is 1. The number of quaternary nitrogens is 1. The van der Waals surface area contributed by atoms with Gasteiger partial charge in [0.25, 0.3) is 0 Å². The molecule has 0 saturated carbocycles. The van der Waals surface area contributed by atoms with E-state index in [1.54, 1.807) is 11.8 Å². The average molecular weight is 194 g/mol. The zero-order valence-corrected chi connectivity index (χ0v) is 8.36. The van der Waals surface area contributed by atoms with Gasteiger partial charge in [0.15, 0.2) is 6.04 Å². The second-order valence-electron chi connectivity index (χ2n) is 3.37. The lowest BCUT2D eigenvalue weighted by Gasteiger charge is -2.17. The quantitative estimate of drug-likeness (QED) is 0.666. The first-order chi connectivity index (χ1) is 6.18. The fourth-order valence-corrected chi connectivity index (χ4v) is 2.46. The van der Waals surface area contributed by atoms with E-state index in [2.05, 4.69) is 5.73 Å². The smallest absolute Gasteiger partial charge is 0.221 e. The number of hydrogen-bond acceptors (Lipinski definition) is 2. The van der Waals surface area contributed by atoms with Crippen molar-refractivity contribution in [2.75, 3.05) is 5.75 Å². The average Bonchev–Trinajstić information content (AvgIpc) is 2.12. The molecule has 68 valence electrons. The summed E-state index contributed by atoms with van der Waals surface area (Å²) in [5.74, 6) is 1.01. The minimum atomic E-state index is -0.0701. The molecule has 1 aliphatic heterocycles. The van der Waals surface area contributed by atoms with E-state index in [-0.39, 0.29) is 11.8 Å². The van der Waals surface area contributed by atoms with Crippen molar-refractivity contribution in [3.8, 4) is 0 Å². The Kier molecular flexibility index (Phi) is 2.14. The Labute approximate surface area is 81.5 Å². The molecule has 0 bridgehead atoms. The molecule has 1 heterocycles. The highest BCUT2D eigenvalue weighted by Gasteiger charge is 2.27. The van der Waals surface area contributed by atoms with Crippen LogP contribution in [0.15, 0.2) is 23.1 Å². The van der Waals surface area contributed by atoms with Crippen LogP contribution in [0.1, 0.15) is 15.9 Å². The van der Waals surface area contributed by atoms with E-state index in [9.17, 15) is 4.79 Å². The van der Waals surface area contributed by atoms with Crippen LogP contribution in [-0.4, -0.2) is 17.6 Å². The number of hydrogen-bond donors (Lipinski definition) is 1. The van der Waals surface area contributed by atoms with Crippen molar-refractivity contribution in [3.63, 3.8) is 0 Å². The number of Topliss-reactive ketones (excluding diaryl/α,β-unsaturated/α-hetero) is 1. The van der Waals surface area contributed by atoms with Crippen LogP contribution in [0, 0.1) is 6.92 Å². The summed E-state index contributed by atoms with van der Waals surface area (Å²) in [6, 6.07) is 5.96. The molecule has 13 heavy (non-hydrogen) atoms. The maximum absolute atomic E-state index is 11.7. The van der Waals surface area contributed by atoms with E-state index >= 15 is 0 Å². The lowest BCUT2D eigenvalue weighted by Crippen LogP contribution is -2.67. The molecule has 0 fully saturated rings. The molecule has 1 unspecified atom stereocenters. The van der Waals surface area contributed by atoms with Crippen LogP contribution >= 0.6 is 11.8 Å². The van der Waals surface area contributed by atoms with Gasteiger partial charge in [-0.25, -0.2) is 0 Å². The van der Waals surface area contributed by atoms with Crippen LogP contribution in [0.5, 0.6) is 0 Å². The van der Waals surface area contributed by atoms with Crippen molar-refractivity contribution < 1.29 is 10.5 Å². The fourth-order valence-electron chi connectivity index (χ4n) is 1.45. The lowest BCUT2D eigenvalue weighted by molar-refractivity contribution is -0.391. The highest BCUT2D eigenvalue weighted by molar-refractivity contribution is 7.99. The summed E-state index contributed by atoms with van der Waals surface area (Å²) in [5, 5.41) is 0. The lowest BCUT2D eigenvalue weighted by atomic mass is 10.0. The zero-order chi connectivity index (χ0) is 9.42. The molecular weight excluding hydrogens is 182 g/mol. The number of carbonyl (C=O) groups excluding carboxylic acids is 1. The van der Waals surface area contributed by atoms with Crippen LogP contribution < -0.4 is 5.73 Å². The highest BCUT2D eigenvalue weighted by Crippen LogP contribution is 2.29. The molecule has 2 rings (SSSR count). The number of rotatable bonds is 0. The summed E-state index contributed by atoms with van der Waals surface area (Å²) in [4.78, 5) is 12.8. The number of carbonyl (C=O) groups is 1. The van der Waals surface area contributed by atoms with Gasteiger partial charge in [-0.3, -0.25) is 4.79 Å². The van der Waals surface area contributed by atoms with Gasteiger partial charge < -0.3 is 5.73 Å². The molecule has 0 amide bonds. The monoisotopic (exact) mass is 194 g/mol. The minimum absolute atomic E-state index is 0.0701. The summed E-state index contributed by atoms with van der Waals surface area (Å²) >= 11 is 1.73.